The monoisotopic (exact) mass is 871 g/mol. The van der Waals surface area contributed by atoms with Crippen LogP contribution in [0.2, 0.25) is 0 Å². The van der Waals surface area contributed by atoms with Crippen LogP contribution in [0.4, 0.5) is 0 Å². The van der Waals surface area contributed by atoms with Crippen LogP contribution >= 0.6 is 0 Å². The van der Waals surface area contributed by atoms with Crippen molar-refractivity contribution in [2.75, 3.05) is 32.8 Å². The van der Waals surface area contributed by atoms with E-state index in [4.69, 9.17) is 16.9 Å². The molecule has 2 heterocycles. The summed E-state index contributed by atoms with van der Waals surface area (Å²) in [6.07, 6.45) is 2.15. The van der Waals surface area contributed by atoms with Crippen molar-refractivity contribution in [1.29, 1.82) is 5.41 Å². The summed E-state index contributed by atoms with van der Waals surface area (Å²) in [5, 5.41) is 42.5. The number of benzene rings is 1. The van der Waals surface area contributed by atoms with Crippen LogP contribution in [0, 0.1) is 17.2 Å². The van der Waals surface area contributed by atoms with Crippen LogP contribution in [0.25, 0.3) is 0 Å². The lowest BCUT2D eigenvalue weighted by atomic mass is 10.0. The molecular weight excluding hydrogens is 807 g/mol. The summed E-state index contributed by atoms with van der Waals surface area (Å²) in [5.41, 5.74) is 12.3. The average Bonchev–Trinajstić information content (AvgIpc) is 3.92. The lowest BCUT2D eigenvalue weighted by molar-refractivity contribution is -0.146. The van der Waals surface area contributed by atoms with Crippen molar-refractivity contribution in [3.8, 4) is 0 Å². The number of guanidine groups is 1. The Morgan fingerprint density at radius 3 is 1.92 bits per heavy atom. The molecule has 0 aliphatic carbocycles. The highest BCUT2D eigenvalue weighted by molar-refractivity contribution is 5.97. The third-order valence-electron chi connectivity index (χ3n) is 10.7. The number of amides is 7. The van der Waals surface area contributed by atoms with Gasteiger partial charge in [-0.25, -0.2) is 4.79 Å². The summed E-state index contributed by atoms with van der Waals surface area (Å²) in [5.74, 6) is -6.58. The van der Waals surface area contributed by atoms with E-state index in [9.17, 15) is 48.6 Å². The summed E-state index contributed by atoms with van der Waals surface area (Å²) in [6, 6.07) is 1.11. The summed E-state index contributed by atoms with van der Waals surface area (Å²) in [4.78, 5) is 109. The maximum atomic E-state index is 14.1. The molecule has 13 N–H and O–H groups in total. The number of aliphatic carboxylic acids is 1. The molecule has 0 saturated carbocycles. The Labute approximate surface area is 361 Å². The van der Waals surface area contributed by atoms with Crippen LogP contribution in [0.15, 0.2) is 30.3 Å². The largest absolute Gasteiger partial charge is 0.480 e. The minimum Gasteiger partial charge on any atom is -0.480 e. The summed E-state index contributed by atoms with van der Waals surface area (Å²) >= 11 is 0. The lowest BCUT2D eigenvalue weighted by Gasteiger charge is -2.31. The maximum Gasteiger partial charge on any atom is 0.326 e. The van der Waals surface area contributed by atoms with Crippen molar-refractivity contribution < 1.29 is 48.6 Å². The predicted molar refractivity (Wildman–Crippen MR) is 226 cm³/mol. The van der Waals surface area contributed by atoms with E-state index >= 15 is 0 Å². The minimum atomic E-state index is -1.46. The van der Waals surface area contributed by atoms with Crippen molar-refractivity contribution in [3.05, 3.63) is 35.9 Å². The molecule has 62 heavy (non-hydrogen) atoms. The van der Waals surface area contributed by atoms with Gasteiger partial charge >= 0.3 is 5.97 Å². The van der Waals surface area contributed by atoms with E-state index in [1.165, 1.54) is 9.80 Å². The number of aliphatic hydroxyl groups is 1. The first-order valence-corrected chi connectivity index (χ1v) is 21.1. The number of carbonyl (C=O) groups excluding carboxylic acids is 7. The van der Waals surface area contributed by atoms with Crippen molar-refractivity contribution in [2.45, 2.75) is 121 Å². The number of hydrogen-bond donors (Lipinski definition) is 11. The van der Waals surface area contributed by atoms with Gasteiger partial charge in [0.2, 0.25) is 41.4 Å². The second kappa shape index (κ2) is 24.6. The van der Waals surface area contributed by atoms with Gasteiger partial charge in [0, 0.05) is 19.6 Å². The second-order valence-corrected chi connectivity index (χ2v) is 16.5. The molecule has 0 spiro atoms. The number of hydrogen-bond acceptors (Lipinski definition) is 11. The molecule has 0 bridgehead atoms. The highest BCUT2D eigenvalue weighted by Crippen LogP contribution is 2.22. The zero-order valence-electron chi connectivity index (χ0n) is 36.0. The fraction of sp³-hybridized carbons (Fsp3) is 0.634. The van der Waals surface area contributed by atoms with Crippen LogP contribution in [0.1, 0.15) is 78.2 Å². The van der Waals surface area contributed by atoms with Gasteiger partial charge in [-0.3, -0.25) is 39.0 Å². The van der Waals surface area contributed by atoms with Gasteiger partial charge in [-0.05, 0) is 68.8 Å². The maximum absolute atomic E-state index is 14.1. The fourth-order valence-electron chi connectivity index (χ4n) is 7.49. The molecule has 2 aliphatic rings. The highest BCUT2D eigenvalue weighted by atomic mass is 16.4. The summed E-state index contributed by atoms with van der Waals surface area (Å²) in [6.45, 7) is 6.24. The van der Waals surface area contributed by atoms with Crippen LogP contribution in [-0.2, 0) is 44.8 Å². The zero-order valence-corrected chi connectivity index (χ0v) is 36.0. The Kier molecular flexibility index (Phi) is 20.0. The SMILES string of the molecule is CC(C)C[C@H](NC(=O)CNC(=O)[C@@H]1CCCN1C(=O)[C@H](CCCNC(=N)N)NC(=O)[C@H](CO)NC(=O)[C@@H](N)Cc1ccccc1)C(=O)N1CCC[C@H]1C(=O)N[C@H](C(=O)O)C(C)C. The number of likely N-dealkylation sites (tertiary alicyclic amines) is 2. The minimum absolute atomic E-state index is 0.0282. The zero-order chi connectivity index (χ0) is 46.1. The predicted octanol–water partition coefficient (Wildman–Crippen LogP) is -2.36. The number of nitrogens with two attached hydrogens (primary N) is 2. The van der Waals surface area contributed by atoms with Gasteiger partial charge in [0.1, 0.15) is 36.3 Å². The van der Waals surface area contributed by atoms with Gasteiger partial charge in [0.05, 0.1) is 19.2 Å². The van der Waals surface area contributed by atoms with Crippen molar-refractivity contribution >= 4 is 53.3 Å². The molecule has 3 rings (SSSR count). The second-order valence-electron chi connectivity index (χ2n) is 16.5. The first-order valence-electron chi connectivity index (χ1n) is 21.1. The van der Waals surface area contributed by atoms with Crippen LogP contribution < -0.4 is 43.4 Å². The molecule has 1 aromatic rings. The molecule has 2 saturated heterocycles. The van der Waals surface area contributed by atoms with Crippen LogP contribution in [0.3, 0.4) is 0 Å². The van der Waals surface area contributed by atoms with E-state index in [-0.39, 0.29) is 63.6 Å². The molecule has 7 atom stereocenters. The molecule has 2 fully saturated rings. The third-order valence-corrected chi connectivity index (χ3v) is 10.7. The van der Waals surface area contributed by atoms with Gasteiger partial charge < -0.3 is 63.4 Å². The molecular formula is C41H65N11O10. The number of rotatable bonds is 23. The highest BCUT2D eigenvalue weighted by Gasteiger charge is 2.41. The normalized spacial score (nSPS) is 18.5. The van der Waals surface area contributed by atoms with Crippen LogP contribution in [-0.4, -0.2) is 148 Å². The smallest absolute Gasteiger partial charge is 0.326 e. The Hall–Kier alpha value is -5.83. The molecule has 0 radical (unpaired) electrons. The number of nitrogens with zero attached hydrogens (tertiary/aromatic N) is 2. The molecule has 0 unspecified atom stereocenters. The van der Waals surface area contributed by atoms with Gasteiger partial charge in [-0.2, -0.15) is 0 Å². The molecule has 0 aromatic heterocycles. The van der Waals surface area contributed by atoms with Crippen molar-refractivity contribution in [2.24, 2.45) is 23.3 Å². The van der Waals surface area contributed by atoms with Crippen molar-refractivity contribution in [1.82, 2.24) is 41.7 Å². The Morgan fingerprint density at radius 1 is 0.790 bits per heavy atom. The number of carboxylic acids is 1. The number of aliphatic hydroxyl groups excluding tert-OH is 1. The van der Waals surface area contributed by atoms with E-state index < -0.39 is 109 Å². The summed E-state index contributed by atoms with van der Waals surface area (Å²) < 4.78 is 0. The topological polar surface area (TPSA) is 332 Å². The van der Waals surface area contributed by atoms with Crippen LogP contribution in [0.5, 0.6) is 0 Å². The van der Waals surface area contributed by atoms with Gasteiger partial charge in [0.15, 0.2) is 5.96 Å². The van der Waals surface area contributed by atoms with Gasteiger partial charge in [-0.1, -0.05) is 58.0 Å². The van der Waals surface area contributed by atoms with E-state index in [2.05, 4.69) is 31.9 Å². The number of carboxylic acid groups (broad SMARTS) is 1. The van der Waals surface area contributed by atoms with Crippen molar-refractivity contribution in [3.63, 3.8) is 0 Å². The Bertz CT molecular complexity index is 1750. The molecule has 1 aromatic carbocycles. The molecule has 21 heteroatoms. The fourth-order valence-corrected chi connectivity index (χ4v) is 7.49. The number of carbonyl (C=O) groups is 8. The van der Waals surface area contributed by atoms with E-state index in [0.29, 0.717) is 19.3 Å². The van der Waals surface area contributed by atoms with E-state index in [1.54, 1.807) is 38.1 Å². The lowest BCUT2D eigenvalue weighted by Crippen LogP contribution is -2.59. The van der Waals surface area contributed by atoms with E-state index in [0.717, 1.165) is 5.56 Å². The Balaban J connectivity index is 1.66. The third kappa shape index (κ3) is 15.3. The first-order chi connectivity index (χ1) is 29.3. The first kappa shape index (κ1) is 50.5. The molecule has 7 amide bonds. The Morgan fingerprint density at radius 2 is 1.37 bits per heavy atom. The average molecular weight is 872 g/mol. The molecule has 21 nitrogen and oxygen atoms in total. The number of nitrogens with one attached hydrogen (secondary N) is 7. The summed E-state index contributed by atoms with van der Waals surface area (Å²) in [7, 11) is 0. The molecule has 344 valence electrons. The van der Waals surface area contributed by atoms with Gasteiger partial charge in [0.25, 0.3) is 0 Å². The standard InChI is InChI=1S/C41H65N11O10/c1-23(2)19-28(39(60)52-18-10-15-31(52)37(58)50-33(24(3)4)40(61)62)47-32(54)21-46-36(57)30-14-9-17-51(30)38(59)27(13-8-16-45-41(43)44)48-35(56)29(22-53)49-34(55)26(42)20-25-11-6-5-7-12-25/h5-7,11-12,23-24,26-31,33,53H,8-10,13-22,42H2,1-4H3,(H,46,57)(H,47,54)(H,48,56)(H,49,55)(H,50,58)(H,61,62)(H4,43,44,45)/t26-,27-,28-,29-,30-,31-,33-/m0/s1. The quantitative estimate of drug-likeness (QED) is 0.0312. The van der Waals surface area contributed by atoms with Gasteiger partial charge in [-0.15, -0.1) is 0 Å². The van der Waals surface area contributed by atoms with E-state index in [1.807, 2.05) is 19.9 Å². The molecule has 2 aliphatic heterocycles.